The van der Waals surface area contributed by atoms with Gasteiger partial charge in [-0.15, -0.1) is 0 Å². The van der Waals surface area contributed by atoms with Crippen molar-refractivity contribution >= 4 is 5.57 Å². The molecule has 0 N–H and O–H groups in total. The summed E-state index contributed by atoms with van der Waals surface area (Å²) in [4.78, 5) is 0. The minimum atomic E-state index is 1.00. The Morgan fingerprint density at radius 3 is 2.33 bits per heavy atom. The molecular formula is C30H42. The minimum absolute atomic E-state index is 1.00. The highest BCUT2D eigenvalue weighted by Crippen LogP contribution is 2.40. The highest BCUT2D eigenvalue weighted by atomic mass is 14.3. The van der Waals surface area contributed by atoms with Crippen molar-refractivity contribution in [1.82, 2.24) is 0 Å². The molecule has 0 aromatic heterocycles. The highest BCUT2D eigenvalue weighted by molar-refractivity contribution is 5.84. The molecule has 1 aromatic rings. The fourth-order valence-electron chi connectivity index (χ4n) is 4.60. The maximum atomic E-state index is 4.60. The van der Waals surface area contributed by atoms with Gasteiger partial charge in [0.05, 0.1) is 0 Å². The summed E-state index contributed by atoms with van der Waals surface area (Å²) < 4.78 is 0. The molecule has 0 atom stereocenters. The van der Waals surface area contributed by atoms with E-state index in [4.69, 9.17) is 0 Å². The van der Waals surface area contributed by atoms with Gasteiger partial charge in [0.25, 0.3) is 0 Å². The number of hydrogen-bond donors (Lipinski definition) is 0. The summed E-state index contributed by atoms with van der Waals surface area (Å²) in [7, 11) is 0. The van der Waals surface area contributed by atoms with Gasteiger partial charge in [-0.2, -0.15) is 0 Å². The first-order valence-electron chi connectivity index (χ1n) is 12.1. The Hall–Kier alpha value is -2.08. The van der Waals surface area contributed by atoms with Crippen LogP contribution >= 0.6 is 0 Å². The molecule has 1 aliphatic rings. The summed E-state index contributed by atoms with van der Waals surface area (Å²) in [5.74, 6) is 0. The first-order valence-corrected chi connectivity index (χ1v) is 12.1. The molecule has 0 heteroatoms. The smallest absolute Gasteiger partial charge is 0.0120 e. The Morgan fingerprint density at radius 2 is 1.73 bits per heavy atom. The molecule has 162 valence electrons. The van der Waals surface area contributed by atoms with Crippen molar-refractivity contribution in [1.29, 1.82) is 0 Å². The Kier molecular flexibility index (Phi) is 9.63. The first kappa shape index (κ1) is 24.2. The van der Waals surface area contributed by atoms with Gasteiger partial charge in [-0.05, 0) is 95.9 Å². The molecule has 0 saturated carbocycles. The van der Waals surface area contributed by atoms with Gasteiger partial charge in [0.2, 0.25) is 0 Å². The third kappa shape index (κ3) is 5.75. The maximum Gasteiger partial charge on any atom is -0.0120 e. The second-order valence-corrected chi connectivity index (χ2v) is 8.45. The molecule has 0 radical (unpaired) electrons. The number of hydrogen-bond acceptors (Lipinski definition) is 0. The molecule has 0 bridgehead atoms. The average molecular weight is 403 g/mol. The SMILES string of the molecule is C=C(C=CC=C(C=C1CCc2cc(CC)c(CC)c(CC)c2C1=C)CCCC)CC. The van der Waals surface area contributed by atoms with Crippen LogP contribution in [0.5, 0.6) is 0 Å². The molecule has 30 heavy (non-hydrogen) atoms. The molecule has 0 unspecified atom stereocenters. The second kappa shape index (κ2) is 11.9. The van der Waals surface area contributed by atoms with Crippen LogP contribution in [0.2, 0.25) is 0 Å². The molecule has 0 spiro atoms. The van der Waals surface area contributed by atoms with Crippen molar-refractivity contribution < 1.29 is 0 Å². The van der Waals surface area contributed by atoms with E-state index >= 15 is 0 Å². The maximum absolute atomic E-state index is 4.60. The Morgan fingerprint density at radius 1 is 1.00 bits per heavy atom. The van der Waals surface area contributed by atoms with Gasteiger partial charge in [0.1, 0.15) is 0 Å². The monoisotopic (exact) mass is 402 g/mol. The first-order chi connectivity index (χ1) is 14.5. The van der Waals surface area contributed by atoms with Crippen molar-refractivity contribution in [3.63, 3.8) is 0 Å². The molecule has 0 heterocycles. The normalized spacial score (nSPS) is 15.8. The predicted octanol–water partition coefficient (Wildman–Crippen LogP) is 8.90. The lowest BCUT2D eigenvalue weighted by molar-refractivity contribution is 0.795. The van der Waals surface area contributed by atoms with E-state index in [1.54, 1.807) is 11.1 Å². The largest absolute Gasteiger partial charge is 0.0958 e. The van der Waals surface area contributed by atoms with Crippen molar-refractivity contribution in [2.75, 3.05) is 0 Å². The van der Waals surface area contributed by atoms with Crippen LogP contribution < -0.4 is 0 Å². The van der Waals surface area contributed by atoms with Crippen LogP contribution in [0.15, 0.2) is 60.2 Å². The van der Waals surface area contributed by atoms with E-state index in [-0.39, 0.29) is 0 Å². The standard InChI is InChI=1S/C30H42/c1-8-13-16-24(17-14-15-22(6)9-2)20-26-18-19-27-21-25(10-3)28(11-4)29(12-5)30(27)23(26)7/h14-15,17,20-21H,6-13,16,18-19H2,1-5H3. The molecule has 1 aliphatic carbocycles. The molecule has 0 nitrogen and oxygen atoms in total. The van der Waals surface area contributed by atoms with Crippen LogP contribution in [-0.4, -0.2) is 0 Å². The van der Waals surface area contributed by atoms with Gasteiger partial charge < -0.3 is 0 Å². The van der Waals surface area contributed by atoms with Crippen LogP contribution in [0.3, 0.4) is 0 Å². The number of benzene rings is 1. The van der Waals surface area contributed by atoms with Gasteiger partial charge in [-0.3, -0.25) is 0 Å². The summed E-state index contributed by atoms with van der Waals surface area (Å²) >= 11 is 0. The van der Waals surface area contributed by atoms with Crippen molar-refractivity contribution in [2.45, 2.75) is 92.4 Å². The van der Waals surface area contributed by atoms with Crippen molar-refractivity contribution in [3.8, 4) is 0 Å². The summed E-state index contributed by atoms with van der Waals surface area (Å²) in [6, 6.07) is 2.47. The Bertz CT molecular complexity index is 855. The van der Waals surface area contributed by atoms with Gasteiger partial charge in [0, 0.05) is 0 Å². The molecular weight excluding hydrogens is 360 g/mol. The van der Waals surface area contributed by atoms with Crippen molar-refractivity contribution in [2.24, 2.45) is 0 Å². The lowest BCUT2D eigenvalue weighted by Crippen LogP contribution is -2.12. The van der Waals surface area contributed by atoms with E-state index in [9.17, 15) is 0 Å². The van der Waals surface area contributed by atoms with Crippen LogP contribution in [0, 0.1) is 0 Å². The van der Waals surface area contributed by atoms with E-state index in [1.165, 1.54) is 51.8 Å². The van der Waals surface area contributed by atoms with Crippen LogP contribution in [0.25, 0.3) is 5.57 Å². The quantitative estimate of drug-likeness (QED) is 0.343. The topological polar surface area (TPSA) is 0 Å². The van der Waals surface area contributed by atoms with Crippen molar-refractivity contribution in [3.05, 3.63) is 88.1 Å². The fraction of sp³-hybridized carbons (Fsp3) is 0.467. The lowest BCUT2D eigenvalue weighted by atomic mass is 9.77. The van der Waals surface area contributed by atoms with Gasteiger partial charge in [-0.1, -0.05) is 90.1 Å². The summed E-state index contributed by atoms with van der Waals surface area (Å²) in [6.45, 7) is 20.0. The minimum Gasteiger partial charge on any atom is -0.0958 e. The zero-order chi connectivity index (χ0) is 22.1. The number of fused-ring (bicyclic) bond motifs is 1. The molecule has 0 saturated heterocycles. The zero-order valence-corrected chi connectivity index (χ0v) is 20.2. The van der Waals surface area contributed by atoms with Crippen LogP contribution in [0.4, 0.5) is 0 Å². The highest BCUT2D eigenvalue weighted by Gasteiger charge is 2.23. The number of allylic oxidation sites excluding steroid dienone is 8. The van der Waals surface area contributed by atoms with E-state index in [0.717, 1.165) is 44.9 Å². The fourth-order valence-corrected chi connectivity index (χ4v) is 4.60. The van der Waals surface area contributed by atoms with E-state index < -0.39 is 0 Å². The molecule has 1 aromatic carbocycles. The van der Waals surface area contributed by atoms with Crippen LogP contribution in [-0.2, 0) is 25.7 Å². The molecule has 0 aliphatic heterocycles. The summed E-state index contributed by atoms with van der Waals surface area (Å²) in [5, 5.41) is 0. The summed E-state index contributed by atoms with van der Waals surface area (Å²) in [6.07, 6.45) is 19.1. The van der Waals surface area contributed by atoms with E-state index in [0.29, 0.717) is 0 Å². The lowest BCUT2D eigenvalue weighted by Gasteiger charge is -2.28. The Labute approximate surface area is 186 Å². The van der Waals surface area contributed by atoms with Gasteiger partial charge >= 0.3 is 0 Å². The number of unbranched alkanes of at least 4 members (excludes halogenated alkanes) is 1. The zero-order valence-electron chi connectivity index (χ0n) is 20.2. The molecule has 2 rings (SSSR count). The van der Waals surface area contributed by atoms with Gasteiger partial charge in [0.15, 0.2) is 0 Å². The number of aryl methyl sites for hydroxylation is 2. The molecule has 0 fully saturated rings. The van der Waals surface area contributed by atoms with Crippen LogP contribution in [0.1, 0.15) is 94.5 Å². The third-order valence-electron chi connectivity index (χ3n) is 6.44. The van der Waals surface area contributed by atoms with E-state index in [2.05, 4.69) is 78.1 Å². The number of rotatable bonds is 10. The predicted molar refractivity (Wildman–Crippen MR) is 136 cm³/mol. The third-order valence-corrected chi connectivity index (χ3v) is 6.44. The second-order valence-electron chi connectivity index (χ2n) is 8.45. The van der Waals surface area contributed by atoms with Gasteiger partial charge in [-0.25, -0.2) is 0 Å². The molecule has 0 amide bonds. The average Bonchev–Trinajstić information content (AvgIpc) is 2.77. The van der Waals surface area contributed by atoms with E-state index in [1.807, 2.05) is 0 Å². The Balaban J connectivity index is 2.46. The summed E-state index contributed by atoms with van der Waals surface area (Å²) in [5.41, 5.74) is 12.9.